The minimum absolute atomic E-state index is 0.184. The fourth-order valence-electron chi connectivity index (χ4n) is 3.24. The average molecular weight is 470 g/mol. The summed E-state index contributed by atoms with van der Waals surface area (Å²) >= 11 is 12.0. The van der Waals surface area contributed by atoms with Gasteiger partial charge in [-0.1, -0.05) is 23.2 Å². The Morgan fingerprint density at radius 3 is 2.20 bits per heavy atom. The molecule has 0 bridgehead atoms. The van der Waals surface area contributed by atoms with Gasteiger partial charge in [0.05, 0.1) is 15.6 Å². The zero-order valence-electron chi connectivity index (χ0n) is 16.2. The van der Waals surface area contributed by atoms with Crippen molar-refractivity contribution in [3.8, 4) is 0 Å². The van der Waals surface area contributed by atoms with Crippen molar-refractivity contribution in [2.24, 2.45) is 5.92 Å². The molecule has 7 nitrogen and oxygen atoms in total. The van der Waals surface area contributed by atoms with Gasteiger partial charge in [-0.25, -0.2) is 8.42 Å². The number of hydrogen-bond acceptors (Lipinski definition) is 4. The van der Waals surface area contributed by atoms with Gasteiger partial charge in [0.15, 0.2) is 0 Å². The summed E-state index contributed by atoms with van der Waals surface area (Å²) in [5, 5.41) is 6.18. The van der Waals surface area contributed by atoms with Crippen molar-refractivity contribution in [1.29, 1.82) is 0 Å². The maximum absolute atomic E-state index is 12.7. The molecule has 160 valence electrons. The molecule has 10 heteroatoms. The molecule has 2 aromatic rings. The first kappa shape index (κ1) is 22.6. The van der Waals surface area contributed by atoms with Gasteiger partial charge < -0.3 is 10.6 Å². The molecule has 0 saturated carbocycles. The predicted octanol–water partition coefficient (Wildman–Crippen LogP) is 3.99. The molecule has 0 spiro atoms. The molecule has 1 aliphatic heterocycles. The SMILES string of the molecule is CC(=O)Nc1ccc(NC(=O)C2CCN(S(=O)(=O)c3ccc(Cl)cc3)CC2)cc1Cl. The molecule has 1 aliphatic rings. The van der Waals surface area contributed by atoms with E-state index in [1.54, 1.807) is 18.2 Å². The molecule has 0 aromatic heterocycles. The van der Waals surface area contributed by atoms with Crippen LogP contribution >= 0.6 is 23.2 Å². The van der Waals surface area contributed by atoms with E-state index in [1.807, 2.05) is 0 Å². The minimum Gasteiger partial charge on any atom is -0.326 e. The molecule has 1 saturated heterocycles. The third-order valence-corrected chi connectivity index (χ3v) is 7.30. The highest BCUT2D eigenvalue weighted by atomic mass is 35.5. The van der Waals surface area contributed by atoms with Crippen LogP contribution in [0.3, 0.4) is 0 Å². The van der Waals surface area contributed by atoms with Crippen LogP contribution in [0.4, 0.5) is 11.4 Å². The Morgan fingerprint density at radius 2 is 1.63 bits per heavy atom. The maximum Gasteiger partial charge on any atom is 0.243 e. The second kappa shape index (κ2) is 9.34. The molecule has 30 heavy (non-hydrogen) atoms. The van der Waals surface area contributed by atoms with Gasteiger partial charge in [0.25, 0.3) is 0 Å². The highest BCUT2D eigenvalue weighted by Gasteiger charge is 2.32. The summed E-state index contributed by atoms with van der Waals surface area (Å²) in [6.45, 7) is 1.89. The number of amides is 2. The number of carbonyl (C=O) groups excluding carboxylic acids is 2. The number of nitrogens with zero attached hydrogens (tertiary/aromatic N) is 1. The van der Waals surface area contributed by atoms with Crippen molar-refractivity contribution in [1.82, 2.24) is 4.31 Å². The molecule has 0 unspecified atom stereocenters. The van der Waals surface area contributed by atoms with Crippen molar-refractivity contribution in [3.63, 3.8) is 0 Å². The summed E-state index contributed by atoms with van der Waals surface area (Å²) in [6.07, 6.45) is 0.826. The third-order valence-electron chi connectivity index (χ3n) is 4.82. The number of carbonyl (C=O) groups is 2. The van der Waals surface area contributed by atoms with E-state index >= 15 is 0 Å². The number of rotatable bonds is 5. The Kier molecular flexibility index (Phi) is 7.02. The monoisotopic (exact) mass is 469 g/mol. The lowest BCUT2D eigenvalue weighted by molar-refractivity contribution is -0.121. The molecule has 0 radical (unpaired) electrons. The number of piperidine rings is 1. The Morgan fingerprint density at radius 1 is 1.00 bits per heavy atom. The highest BCUT2D eigenvalue weighted by Crippen LogP contribution is 2.28. The Hall–Kier alpha value is -2.13. The molecule has 3 rings (SSSR count). The van der Waals surface area contributed by atoms with Crippen LogP contribution in [-0.2, 0) is 19.6 Å². The number of halogens is 2. The summed E-state index contributed by atoms with van der Waals surface area (Å²) in [4.78, 5) is 23.9. The Bertz CT molecular complexity index is 1050. The predicted molar refractivity (Wildman–Crippen MR) is 117 cm³/mol. The normalized spacial score (nSPS) is 15.6. The van der Waals surface area contributed by atoms with Gasteiger partial charge in [-0.15, -0.1) is 0 Å². The van der Waals surface area contributed by atoms with Crippen LogP contribution in [0.15, 0.2) is 47.4 Å². The van der Waals surface area contributed by atoms with Gasteiger partial charge in [0.2, 0.25) is 21.8 Å². The summed E-state index contributed by atoms with van der Waals surface area (Å²) in [6, 6.07) is 10.9. The highest BCUT2D eigenvalue weighted by molar-refractivity contribution is 7.89. The third kappa shape index (κ3) is 5.31. The van der Waals surface area contributed by atoms with Gasteiger partial charge >= 0.3 is 0 Å². The van der Waals surface area contributed by atoms with Crippen LogP contribution in [0.2, 0.25) is 10.0 Å². The molecular formula is C20H21Cl2N3O4S. The van der Waals surface area contributed by atoms with Gasteiger partial charge in [-0.2, -0.15) is 4.31 Å². The van der Waals surface area contributed by atoms with E-state index in [0.717, 1.165) is 0 Å². The number of hydrogen-bond donors (Lipinski definition) is 2. The fourth-order valence-corrected chi connectivity index (χ4v) is 5.07. The van der Waals surface area contributed by atoms with Crippen LogP contribution in [0.25, 0.3) is 0 Å². The summed E-state index contributed by atoms with van der Waals surface area (Å²) in [5.74, 6) is -0.744. The van der Waals surface area contributed by atoms with E-state index in [9.17, 15) is 18.0 Å². The summed E-state index contributed by atoms with van der Waals surface area (Å²) in [5.41, 5.74) is 0.971. The fraction of sp³-hybridized carbons (Fsp3) is 0.300. The molecule has 1 fully saturated rings. The van der Waals surface area contributed by atoms with Crippen LogP contribution < -0.4 is 10.6 Å². The van der Waals surface area contributed by atoms with E-state index < -0.39 is 10.0 Å². The minimum atomic E-state index is -3.62. The summed E-state index contributed by atoms with van der Waals surface area (Å²) < 4.78 is 26.9. The lowest BCUT2D eigenvalue weighted by Crippen LogP contribution is -2.41. The smallest absolute Gasteiger partial charge is 0.243 e. The second-order valence-electron chi connectivity index (χ2n) is 7.00. The molecule has 2 aromatic carbocycles. The van der Waals surface area contributed by atoms with Crippen molar-refractivity contribution in [2.45, 2.75) is 24.7 Å². The molecule has 0 aliphatic carbocycles. The number of anilines is 2. The standard InChI is InChI=1S/C20H21Cl2N3O4S/c1-13(26)23-19-7-4-16(12-18(19)22)24-20(27)14-8-10-25(11-9-14)30(28,29)17-5-2-15(21)3-6-17/h2-7,12,14H,8-11H2,1H3,(H,23,26)(H,24,27). The van der Waals surface area contributed by atoms with Crippen LogP contribution in [0.1, 0.15) is 19.8 Å². The first-order valence-electron chi connectivity index (χ1n) is 9.30. The van der Waals surface area contributed by atoms with Gasteiger partial charge in [-0.05, 0) is 55.3 Å². The average Bonchev–Trinajstić information content (AvgIpc) is 2.70. The number of sulfonamides is 1. The van der Waals surface area contributed by atoms with E-state index in [-0.39, 0.29) is 35.7 Å². The van der Waals surface area contributed by atoms with E-state index in [4.69, 9.17) is 23.2 Å². The van der Waals surface area contributed by atoms with E-state index in [0.29, 0.717) is 34.3 Å². The van der Waals surface area contributed by atoms with Crippen LogP contribution in [-0.4, -0.2) is 37.6 Å². The van der Waals surface area contributed by atoms with E-state index in [2.05, 4.69) is 10.6 Å². The Labute approximate surface area is 185 Å². The van der Waals surface area contributed by atoms with E-state index in [1.165, 1.54) is 35.5 Å². The molecule has 1 heterocycles. The van der Waals surface area contributed by atoms with Crippen LogP contribution in [0.5, 0.6) is 0 Å². The van der Waals surface area contributed by atoms with Crippen LogP contribution in [0, 0.1) is 5.92 Å². The lowest BCUT2D eigenvalue weighted by atomic mass is 9.97. The largest absolute Gasteiger partial charge is 0.326 e. The molecular weight excluding hydrogens is 449 g/mol. The second-order valence-corrected chi connectivity index (χ2v) is 9.78. The maximum atomic E-state index is 12.7. The molecule has 0 atom stereocenters. The van der Waals surface area contributed by atoms with Gasteiger partial charge in [-0.3, -0.25) is 9.59 Å². The molecule has 2 N–H and O–H groups in total. The zero-order chi connectivity index (χ0) is 21.9. The zero-order valence-corrected chi connectivity index (χ0v) is 18.5. The molecule has 2 amide bonds. The first-order valence-corrected chi connectivity index (χ1v) is 11.5. The van der Waals surface area contributed by atoms with Crippen molar-refractivity contribution >= 4 is 56.4 Å². The van der Waals surface area contributed by atoms with Gasteiger partial charge in [0, 0.05) is 36.6 Å². The quantitative estimate of drug-likeness (QED) is 0.691. The number of benzene rings is 2. The topological polar surface area (TPSA) is 95.6 Å². The Balaban J connectivity index is 1.59. The van der Waals surface area contributed by atoms with Crippen molar-refractivity contribution in [3.05, 3.63) is 52.5 Å². The van der Waals surface area contributed by atoms with Crippen molar-refractivity contribution in [2.75, 3.05) is 23.7 Å². The first-order chi connectivity index (χ1) is 14.2. The van der Waals surface area contributed by atoms with Crippen molar-refractivity contribution < 1.29 is 18.0 Å². The number of nitrogens with one attached hydrogen (secondary N) is 2. The lowest BCUT2D eigenvalue weighted by Gasteiger charge is -2.30. The summed E-state index contributed by atoms with van der Waals surface area (Å²) in [7, 11) is -3.62. The van der Waals surface area contributed by atoms with Gasteiger partial charge in [0.1, 0.15) is 0 Å².